The first kappa shape index (κ1) is 17.4. The number of carbonyl (C=O) groups is 2. The minimum atomic E-state index is -2.96. The second-order valence-electron chi connectivity index (χ2n) is 5.89. The van der Waals surface area contributed by atoms with Crippen molar-refractivity contribution in [2.75, 3.05) is 4.31 Å². The zero-order valence-corrected chi connectivity index (χ0v) is 14.0. The largest absolute Gasteiger partial charge is 0.755 e. The number of hydrogen-bond donors (Lipinski definition) is 2. The highest BCUT2D eigenvalue weighted by atomic mass is 32.2. The Labute approximate surface area is 145 Å². The van der Waals surface area contributed by atoms with Crippen LogP contribution in [0.5, 0.6) is 0 Å². The Bertz CT molecular complexity index is 860. The Hall–Kier alpha value is -2.39. The van der Waals surface area contributed by atoms with Crippen molar-refractivity contribution >= 4 is 39.9 Å². The van der Waals surface area contributed by atoms with Crippen LogP contribution in [0, 0.1) is 0 Å². The molecule has 1 heterocycles. The maximum Gasteiger partial charge on any atom is 0.328 e. The highest BCUT2D eigenvalue weighted by molar-refractivity contribution is 7.80. The van der Waals surface area contributed by atoms with Crippen LogP contribution >= 0.6 is 0 Å². The molecule has 0 amide bonds. The van der Waals surface area contributed by atoms with Gasteiger partial charge >= 0.3 is 11.9 Å². The topological polar surface area (TPSA) is 131 Å². The van der Waals surface area contributed by atoms with Gasteiger partial charge in [0, 0.05) is 34.7 Å². The molecule has 2 N–H and O–H groups in total. The van der Waals surface area contributed by atoms with Gasteiger partial charge < -0.3 is 19.2 Å². The summed E-state index contributed by atoms with van der Waals surface area (Å²) in [4.78, 5) is 22.3. The van der Waals surface area contributed by atoms with Crippen LogP contribution in [-0.4, -0.2) is 37.0 Å². The van der Waals surface area contributed by atoms with Crippen LogP contribution in [0.2, 0.25) is 0 Å². The van der Waals surface area contributed by atoms with Crippen LogP contribution in [-0.2, 0) is 33.7 Å². The second-order valence-corrected chi connectivity index (χ2v) is 6.71. The summed E-state index contributed by atoms with van der Waals surface area (Å²) in [5.41, 5.74) is 1.63. The highest BCUT2D eigenvalue weighted by Crippen LogP contribution is 2.34. The fourth-order valence-corrected chi connectivity index (χ4v) is 3.85. The number of anilines is 1. The normalized spacial score (nSPS) is 16.2. The lowest BCUT2D eigenvalue weighted by atomic mass is 9.96. The summed E-state index contributed by atoms with van der Waals surface area (Å²) in [6.45, 7) is 0. The summed E-state index contributed by atoms with van der Waals surface area (Å²) in [7, 11) is 0. The second kappa shape index (κ2) is 6.85. The first-order valence-electron chi connectivity index (χ1n) is 7.76. The van der Waals surface area contributed by atoms with Gasteiger partial charge in [0.05, 0.1) is 12.1 Å². The lowest BCUT2D eigenvalue weighted by molar-refractivity contribution is -0.144. The SMILES string of the molecule is O=C(O)CC(C(=O)O)N(c1ccc2c3c(oc2c1)CCCC3)S(=O)[O-]. The molecule has 134 valence electrons. The molecule has 9 heteroatoms. The summed E-state index contributed by atoms with van der Waals surface area (Å²) >= 11 is -2.96. The first-order valence-corrected chi connectivity index (χ1v) is 8.79. The van der Waals surface area contributed by atoms with Crippen LogP contribution in [0.15, 0.2) is 22.6 Å². The fourth-order valence-electron chi connectivity index (χ4n) is 3.20. The number of carboxylic acids is 2. The Kier molecular flexibility index (Phi) is 4.78. The van der Waals surface area contributed by atoms with Crippen LogP contribution in [0.4, 0.5) is 5.69 Å². The number of fused-ring (bicyclic) bond motifs is 3. The van der Waals surface area contributed by atoms with E-state index >= 15 is 0 Å². The molecule has 0 saturated heterocycles. The number of carboxylic acid groups (broad SMARTS) is 2. The molecule has 1 aromatic heterocycles. The van der Waals surface area contributed by atoms with Crippen LogP contribution in [0.1, 0.15) is 30.6 Å². The van der Waals surface area contributed by atoms with Crippen molar-refractivity contribution in [1.29, 1.82) is 0 Å². The zero-order valence-electron chi connectivity index (χ0n) is 13.1. The van der Waals surface area contributed by atoms with E-state index in [0.29, 0.717) is 9.89 Å². The van der Waals surface area contributed by atoms with E-state index in [-0.39, 0.29) is 5.69 Å². The molecule has 0 radical (unpaired) electrons. The summed E-state index contributed by atoms with van der Waals surface area (Å²) in [5.74, 6) is -2.07. The van der Waals surface area contributed by atoms with Crippen molar-refractivity contribution in [2.45, 2.75) is 38.1 Å². The lowest BCUT2D eigenvalue weighted by Gasteiger charge is -2.31. The number of benzene rings is 1. The Morgan fingerprint density at radius 2 is 2.00 bits per heavy atom. The fraction of sp³-hybridized carbons (Fsp3) is 0.375. The smallest absolute Gasteiger partial charge is 0.328 e. The van der Waals surface area contributed by atoms with Gasteiger partial charge in [-0.3, -0.25) is 13.3 Å². The van der Waals surface area contributed by atoms with Crippen molar-refractivity contribution in [3.05, 3.63) is 29.5 Å². The van der Waals surface area contributed by atoms with E-state index in [4.69, 9.17) is 9.52 Å². The number of aliphatic carboxylic acids is 2. The third-order valence-electron chi connectivity index (χ3n) is 4.29. The predicted molar refractivity (Wildman–Crippen MR) is 87.9 cm³/mol. The summed E-state index contributed by atoms with van der Waals surface area (Å²) < 4.78 is 29.5. The molecule has 1 aliphatic carbocycles. The molecule has 8 nitrogen and oxygen atoms in total. The third-order valence-corrected chi connectivity index (χ3v) is 5.08. The van der Waals surface area contributed by atoms with Gasteiger partial charge in [-0.25, -0.2) is 4.79 Å². The number of furan rings is 1. The minimum Gasteiger partial charge on any atom is -0.755 e. The van der Waals surface area contributed by atoms with E-state index in [1.807, 2.05) is 0 Å². The van der Waals surface area contributed by atoms with Crippen LogP contribution < -0.4 is 4.31 Å². The molecule has 0 spiro atoms. The molecule has 0 saturated carbocycles. The maximum atomic E-state index is 11.6. The lowest BCUT2D eigenvalue weighted by Crippen LogP contribution is -2.43. The zero-order chi connectivity index (χ0) is 18.1. The van der Waals surface area contributed by atoms with Crippen molar-refractivity contribution in [2.24, 2.45) is 0 Å². The van der Waals surface area contributed by atoms with E-state index < -0.39 is 35.7 Å². The molecule has 0 bridgehead atoms. The van der Waals surface area contributed by atoms with Gasteiger partial charge in [0.25, 0.3) is 0 Å². The molecule has 1 aliphatic rings. The van der Waals surface area contributed by atoms with Gasteiger partial charge in [-0.15, -0.1) is 0 Å². The summed E-state index contributed by atoms with van der Waals surface area (Å²) in [5, 5.41) is 19.0. The molecule has 25 heavy (non-hydrogen) atoms. The van der Waals surface area contributed by atoms with E-state index in [2.05, 4.69) is 0 Å². The number of rotatable bonds is 6. The molecule has 2 unspecified atom stereocenters. The molecular formula is C16H16NO7S-. The van der Waals surface area contributed by atoms with Crippen LogP contribution in [0.25, 0.3) is 11.0 Å². The predicted octanol–water partition coefficient (Wildman–Crippen LogP) is 1.84. The minimum absolute atomic E-state index is 0.0561. The molecule has 3 rings (SSSR count). The number of nitrogens with zero attached hydrogens (tertiary/aromatic N) is 1. The first-order chi connectivity index (χ1) is 11.9. The van der Waals surface area contributed by atoms with E-state index in [1.165, 1.54) is 12.1 Å². The number of aryl methyl sites for hydroxylation is 2. The van der Waals surface area contributed by atoms with Crippen molar-refractivity contribution in [1.82, 2.24) is 0 Å². The standard InChI is InChI=1S/C16H17NO7S/c18-15(19)8-12(16(20)21)17(25(22)23)9-5-6-11-10-3-1-2-4-13(10)24-14(11)7-9/h5-7,12H,1-4,8H2,(H,18,19)(H,20,21)(H,22,23)/p-1. The van der Waals surface area contributed by atoms with Gasteiger partial charge in [0.1, 0.15) is 17.4 Å². The summed E-state index contributed by atoms with van der Waals surface area (Å²) in [6.07, 6.45) is 2.93. The average molecular weight is 366 g/mol. The summed E-state index contributed by atoms with van der Waals surface area (Å²) in [6, 6.07) is 2.87. The van der Waals surface area contributed by atoms with Crippen molar-refractivity contribution < 1.29 is 33.0 Å². The molecule has 0 fully saturated rings. The van der Waals surface area contributed by atoms with Crippen LogP contribution in [0.3, 0.4) is 0 Å². The van der Waals surface area contributed by atoms with E-state index in [0.717, 1.165) is 42.4 Å². The Balaban J connectivity index is 2.05. The van der Waals surface area contributed by atoms with Gasteiger partial charge in [-0.2, -0.15) is 0 Å². The van der Waals surface area contributed by atoms with Gasteiger partial charge in [0.15, 0.2) is 0 Å². The van der Waals surface area contributed by atoms with Gasteiger partial charge in [-0.1, -0.05) is 0 Å². The Morgan fingerprint density at radius 1 is 1.28 bits per heavy atom. The highest BCUT2D eigenvalue weighted by Gasteiger charge is 2.30. The number of hydrogen-bond acceptors (Lipinski definition) is 5. The van der Waals surface area contributed by atoms with Gasteiger partial charge in [-0.05, 0) is 31.4 Å². The molecular weight excluding hydrogens is 350 g/mol. The van der Waals surface area contributed by atoms with E-state index in [9.17, 15) is 23.5 Å². The van der Waals surface area contributed by atoms with Crippen molar-refractivity contribution in [3.63, 3.8) is 0 Å². The molecule has 2 aromatic rings. The van der Waals surface area contributed by atoms with Gasteiger partial charge in [0.2, 0.25) is 0 Å². The van der Waals surface area contributed by atoms with E-state index in [1.54, 1.807) is 6.07 Å². The Morgan fingerprint density at radius 3 is 2.64 bits per heavy atom. The quantitative estimate of drug-likeness (QED) is 0.746. The van der Waals surface area contributed by atoms with Crippen molar-refractivity contribution in [3.8, 4) is 0 Å². The monoisotopic (exact) mass is 366 g/mol. The maximum absolute atomic E-state index is 11.6. The molecule has 1 aromatic carbocycles. The third kappa shape index (κ3) is 3.38. The molecule has 2 atom stereocenters. The molecule has 0 aliphatic heterocycles. The average Bonchev–Trinajstić information content (AvgIpc) is 2.91.